The highest BCUT2D eigenvalue weighted by atomic mass is 15.3. The lowest BCUT2D eigenvalue weighted by Gasteiger charge is -2.32. The maximum absolute atomic E-state index is 2.50. The van der Waals surface area contributed by atoms with E-state index in [0.717, 1.165) is 0 Å². The Hall–Kier alpha value is -0.300. The second kappa shape index (κ2) is 8.74. The number of unbranched alkanes of at least 4 members (excludes halogenated alkanes) is 6. The van der Waals surface area contributed by atoms with Gasteiger partial charge in [0.1, 0.15) is 0 Å². The molecule has 0 radical (unpaired) electrons. The first-order chi connectivity index (χ1) is 8.33. The molecule has 0 amide bonds. The number of hydrogen-bond donors (Lipinski definition) is 0. The van der Waals surface area contributed by atoms with Gasteiger partial charge >= 0.3 is 0 Å². The maximum Gasteiger partial charge on any atom is 0.0920 e. The molecule has 0 fully saturated rings. The second-order valence-electron chi connectivity index (χ2n) is 5.68. The van der Waals surface area contributed by atoms with Crippen LogP contribution in [0.25, 0.3) is 0 Å². The van der Waals surface area contributed by atoms with Crippen LogP contribution in [0.4, 0.5) is 0 Å². The van der Waals surface area contributed by atoms with E-state index in [9.17, 15) is 0 Å². The van der Waals surface area contributed by atoms with Gasteiger partial charge in [0.2, 0.25) is 0 Å². The van der Waals surface area contributed by atoms with E-state index >= 15 is 0 Å². The largest absolute Gasteiger partial charge is 0.297 e. The molecule has 17 heavy (non-hydrogen) atoms. The van der Waals surface area contributed by atoms with Gasteiger partial charge in [0, 0.05) is 6.42 Å². The molecule has 0 bridgehead atoms. The summed E-state index contributed by atoms with van der Waals surface area (Å²) in [7, 11) is 0. The Morgan fingerprint density at radius 3 is 1.82 bits per heavy atom. The van der Waals surface area contributed by atoms with Crippen LogP contribution in [0.3, 0.4) is 0 Å². The number of hydrogen-bond acceptors (Lipinski definition) is 0. The first-order valence-electron chi connectivity index (χ1n) is 7.86. The summed E-state index contributed by atoms with van der Waals surface area (Å²) in [5.41, 5.74) is 0. The van der Waals surface area contributed by atoms with Crippen LogP contribution in [0.5, 0.6) is 0 Å². The van der Waals surface area contributed by atoms with Crippen LogP contribution in [0.15, 0.2) is 12.3 Å². The Labute approximate surface area is 108 Å². The lowest BCUT2D eigenvalue weighted by molar-refractivity contribution is -0.874. The third-order valence-corrected chi connectivity index (χ3v) is 4.08. The molecule has 0 atom stereocenters. The predicted octanol–water partition coefficient (Wildman–Crippen LogP) is 4.88. The van der Waals surface area contributed by atoms with E-state index < -0.39 is 0 Å². The van der Waals surface area contributed by atoms with Gasteiger partial charge in [-0.3, -0.25) is 4.48 Å². The summed E-state index contributed by atoms with van der Waals surface area (Å²) in [4.78, 5) is 0. The highest BCUT2D eigenvalue weighted by Gasteiger charge is 2.26. The highest BCUT2D eigenvalue weighted by Crippen LogP contribution is 2.21. The zero-order valence-corrected chi connectivity index (χ0v) is 12.1. The van der Waals surface area contributed by atoms with Gasteiger partial charge in [0.25, 0.3) is 0 Å². The van der Waals surface area contributed by atoms with Crippen molar-refractivity contribution in [2.45, 2.75) is 71.6 Å². The number of rotatable bonds is 10. The van der Waals surface area contributed by atoms with Crippen molar-refractivity contribution in [2.24, 2.45) is 0 Å². The molecule has 1 nitrogen and oxygen atoms in total. The summed E-state index contributed by atoms with van der Waals surface area (Å²) in [6.07, 6.45) is 17.5. The monoisotopic (exact) mass is 238 g/mol. The third-order valence-electron chi connectivity index (χ3n) is 4.08. The van der Waals surface area contributed by atoms with Gasteiger partial charge in [0.05, 0.1) is 25.8 Å². The van der Waals surface area contributed by atoms with Crippen molar-refractivity contribution in [2.75, 3.05) is 19.6 Å². The Kier molecular flexibility index (Phi) is 7.59. The molecule has 0 unspecified atom stereocenters. The molecule has 1 aliphatic rings. The molecule has 1 heteroatoms. The van der Waals surface area contributed by atoms with Gasteiger partial charge in [-0.2, -0.15) is 0 Å². The average Bonchev–Trinajstić information content (AvgIpc) is 2.80. The molecule has 1 aliphatic heterocycles. The molecule has 0 aromatic rings. The van der Waals surface area contributed by atoms with E-state index in [1.54, 1.807) is 0 Å². The first kappa shape index (κ1) is 14.8. The molecule has 1 rings (SSSR count). The van der Waals surface area contributed by atoms with Crippen molar-refractivity contribution in [3.63, 3.8) is 0 Å². The fourth-order valence-corrected chi connectivity index (χ4v) is 2.90. The average molecular weight is 238 g/mol. The van der Waals surface area contributed by atoms with Crippen molar-refractivity contribution in [3.05, 3.63) is 12.3 Å². The minimum absolute atomic E-state index is 1.30. The first-order valence-corrected chi connectivity index (χ1v) is 7.86. The third kappa shape index (κ3) is 5.72. The highest BCUT2D eigenvalue weighted by molar-refractivity contribution is 4.82. The van der Waals surface area contributed by atoms with Gasteiger partial charge in [-0.1, -0.05) is 39.5 Å². The summed E-state index contributed by atoms with van der Waals surface area (Å²) < 4.78 is 1.30. The summed E-state index contributed by atoms with van der Waals surface area (Å²) in [6.45, 7) is 8.75. The fourth-order valence-electron chi connectivity index (χ4n) is 2.90. The molecule has 0 spiro atoms. The maximum atomic E-state index is 2.50. The Morgan fingerprint density at radius 2 is 1.41 bits per heavy atom. The summed E-state index contributed by atoms with van der Waals surface area (Å²) in [5, 5.41) is 0. The predicted molar refractivity (Wildman–Crippen MR) is 76.9 cm³/mol. The van der Waals surface area contributed by atoms with Crippen molar-refractivity contribution in [1.29, 1.82) is 0 Å². The van der Waals surface area contributed by atoms with E-state index in [-0.39, 0.29) is 0 Å². The summed E-state index contributed by atoms with van der Waals surface area (Å²) in [5.74, 6) is 0. The molecule has 0 aliphatic carbocycles. The molecular weight excluding hydrogens is 206 g/mol. The Balaban J connectivity index is 2.22. The lowest BCUT2D eigenvalue weighted by Crippen LogP contribution is -2.42. The SMILES string of the molecule is CCCCCC[N+]1(CCCCCC)C=CCC1. The molecule has 0 aromatic heterocycles. The standard InChI is InChI=1S/C16H32N/c1-3-5-7-9-13-17(15-11-12-16-17)14-10-8-6-4-2/h11,15H,3-10,12-14,16H2,1-2H3/q+1. The van der Waals surface area contributed by atoms with E-state index in [4.69, 9.17) is 0 Å². The lowest BCUT2D eigenvalue weighted by atomic mass is 10.1. The van der Waals surface area contributed by atoms with Crippen molar-refractivity contribution >= 4 is 0 Å². The minimum Gasteiger partial charge on any atom is -0.297 e. The van der Waals surface area contributed by atoms with Crippen LogP contribution in [0.1, 0.15) is 71.6 Å². The molecule has 100 valence electrons. The van der Waals surface area contributed by atoms with E-state index in [1.165, 1.54) is 81.9 Å². The topological polar surface area (TPSA) is 0 Å². The van der Waals surface area contributed by atoms with E-state index in [1.807, 2.05) is 0 Å². The van der Waals surface area contributed by atoms with Gasteiger partial charge < -0.3 is 0 Å². The molecule has 0 N–H and O–H groups in total. The summed E-state index contributed by atoms with van der Waals surface area (Å²) >= 11 is 0. The molecular formula is C16H32N+. The smallest absolute Gasteiger partial charge is 0.0920 e. The van der Waals surface area contributed by atoms with Gasteiger partial charge in [-0.25, -0.2) is 0 Å². The van der Waals surface area contributed by atoms with Crippen molar-refractivity contribution < 1.29 is 4.48 Å². The fraction of sp³-hybridized carbons (Fsp3) is 0.875. The number of quaternary nitrogens is 1. The Bertz CT molecular complexity index is 196. The van der Waals surface area contributed by atoms with Gasteiger partial charge in [0.15, 0.2) is 0 Å². The van der Waals surface area contributed by atoms with Gasteiger partial charge in [-0.05, 0) is 31.8 Å². The summed E-state index contributed by atoms with van der Waals surface area (Å²) in [6, 6.07) is 0. The minimum atomic E-state index is 1.30. The molecule has 0 aromatic carbocycles. The zero-order chi connectivity index (χ0) is 12.4. The second-order valence-corrected chi connectivity index (χ2v) is 5.68. The van der Waals surface area contributed by atoms with E-state index in [2.05, 4.69) is 26.1 Å². The molecule has 1 heterocycles. The van der Waals surface area contributed by atoms with Crippen LogP contribution in [-0.2, 0) is 0 Å². The number of nitrogens with zero attached hydrogens (tertiary/aromatic N) is 1. The molecule has 0 saturated carbocycles. The van der Waals surface area contributed by atoms with E-state index in [0.29, 0.717) is 0 Å². The van der Waals surface area contributed by atoms with Crippen molar-refractivity contribution in [1.82, 2.24) is 0 Å². The van der Waals surface area contributed by atoms with Crippen LogP contribution in [-0.4, -0.2) is 24.1 Å². The quantitative estimate of drug-likeness (QED) is 0.376. The molecule has 0 saturated heterocycles. The van der Waals surface area contributed by atoms with Crippen molar-refractivity contribution in [3.8, 4) is 0 Å². The zero-order valence-electron chi connectivity index (χ0n) is 12.1. The van der Waals surface area contributed by atoms with Crippen LogP contribution in [0.2, 0.25) is 0 Å². The van der Waals surface area contributed by atoms with Crippen LogP contribution < -0.4 is 0 Å². The Morgan fingerprint density at radius 1 is 0.824 bits per heavy atom. The van der Waals surface area contributed by atoms with Gasteiger partial charge in [-0.15, -0.1) is 0 Å². The normalized spacial score (nSPS) is 17.8. The van der Waals surface area contributed by atoms with Crippen LogP contribution >= 0.6 is 0 Å². The van der Waals surface area contributed by atoms with Crippen LogP contribution in [0, 0.1) is 0 Å².